The van der Waals surface area contributed by atoms with Gasteiger partial charge in [-0.05, 0) is 12.8 Å². The summed E-state index contributed by atoms with van der Waals surface area (Å²) in [5.74, 6) is 1.86. The van der Waals surface area contributed by atoms with Crippen LogP contribution in [0.2, 0.25) is 0 Å². The quantitative estimate of drug-likeness (QED) is 0.847. The van der Waals surface area contributed by atoms with Crippen molar-refractivity contribution in [3.63, 3.8) is 0 Å². The van der Waals surface area contributed by atoms with Gasteiger partial charge in [0.2, 0.25) is 5.91 Å². The molecule has 1 saturated heterocycles. The van der Waals surface area contributed by atoms with Gasteiger partial charge in [-0.3, -0.25) is 4.79 Å². The lowest BCUT2D eigenvalue weighted by atomic mass is 10.0. The summed E-state index contributed by atoms with van der Waals surface area (Å²) in [6.45, 7) is 2.50. The van der Waals surface area contributed by atoms with Crippen molar-refractivity contribution in [3.05, 3.63) is 41.6 Å². The predicted octanol–water partition coefficient (Wildman–Crippen LogP) is 2.13. The lowest BCUT2D eigenvalue weighted by Crippen LogP contribution is -2.41. The maximum Gasteiger partial charge on any atom is 0.228 e. The summed E-state index contributed by atoms with van der Waals surface area (Å²) in [6.07, 6.45) is 1.61. The molecule has 0 aliphatic carbocycles. The average molecular weight is 352 g/mol. The van der Waals surface area contributed by atoms with Crippen LogP contribution < -0.4 is 4.90 Å². The van der Waals surface area contributed by atoms with E-state index >= 15 is 0 Å². The molecule has 2 aliphatic rings. The van der Waals surface area contributed by atoms with E-state index < -0.39 is 0 Å². The highest BCUT2D eigenvalue weighted by Crippen LogP contribution is 2.29. The molecule has 2 aromatic rings. The highest BCUT2D eigenvalue weighted by Gasteiger charge is 2.32. The summed E-state index contributed by atoms with van der Waals surface area (Å²) in [4.78, 5) is 26.4. The number of anilines is 1. The second-order valence-corrected chi connectivity index (χ2v) is 7.13. The van der Waals surface area contributed by atoms with Gasteiger partial charge in [-0.15, -0.1) is 0 Å². The van der Waals surface area contributed by atoms with Gasteiger partial charge in [0.25, 0.3) is 0 Å². The first-order valence-electron chi connectivity index (χ1n) is 9.12. The molecule has 6 heteroatoms. The predicted molar refractivity (Wildman–Crippen MR) is 99.8 cm³/mol. The molecule has 1 aromatic carbocycles. The minimum Gasteiger partial charge on any atom is -0.381 e. The number of rotatable bonds is 3. The molecule has 0 unspecified atom stereocenters. The molecule has 26 heavy (non-hydrogen) atoms. The summed E-state index contributed by atoms with van der Waals surface area (Å²) in [6, 6.07) is 10.00. The minimum absolute atomic E-state index is 0.000278. The molecule has 0 spiro atoms. The van der Waals surface area contributed by atoms with Crippen LogP contribution >= 0.6 is 0 Å². The first kappa shape index (κ1) is 17.0. The molecule has 136 valence electrons. The minimum atomic E-state index is 0.000278. The first-order valence-corrected chi connectivity index (χ1v) is 9.12. The van der Waals surface area contributed by atoms with E-state index in [2.05, 4.69) is 0 Å². The molecule has 0 N–H and O–H groups in total. The van der Waals surface area contributed by atoms with Crippen LogP contribution in [0.15, 0.2) is 30.3 Å². The zero-order chi connectivity index (χ0) is 18.1. The van der Waals surface area contributed by atoms with E-state index in [9.17, 15) is 4.79 Å². The zero-order valence-corrected chi connectivity index (χ0v) is 15.3. The van der Waals surface area contributed by atoms with Crippen LogP contribution in [-0.2, 0) is 22.5 Å². The number of amides is 1. The SMILES string of the molecule is CN(C)c1nc(-c2ccccc2)nc2c1CCN(C(=O)[C@@H]1CCOC1)C2. The Morgan fingerprint density at radius 3 is 2.73 bits per heavy atom. The molecule has 4 rings (SSSR count). The van der Waals surface area contributed by atoms with Crippen LogP contribution in [0.1, 0.15) is 17.7 Å². The summed E-state index contributed by atoms with van der Waals surface area (Å²) in [5, 5.41) is 0. The lowest BCUT2D eigenvalue weighted by molar-refractivity contribution is -0.136. The standard InChI is InChI=1S/C20H24N4O2/c1-23(2)19-16-8-10-24(20(25)15-9-11-26-13-15)12-17(16)21-18(22-19)14-6-4-3-5-7-14/h3-7,15H,8-13H2,1-2H3/t15-/m1/s1. The summed E-state index contributed by atoms with van der Waals surface area (Å²) >= 11 is 0. The molecule has 0 saturated carbocycles. The van der Waals surface area contributed by atoms with Gasteiger partial charge in [-0.2, -0.15) is 0 Å². The van der Waals surface area contributed by atoms with E-state index in [4.69, 9.17) is 14.7 Å². The molecule has 2 aliphatic heterocycles. The molecular formula is C20H24N4O2. The average Bonchev–Trinajstić information content (AvgIpc) is 3.21. The zero-order valence-electron chi connectivity index (χ0n) is 15.3. The third kappa shape index (κ3) is 3.17. The van der Waals surface area contributed by atoms with Crippen LogP contribution in [0.5, 0.6) is 0 Å². The maximum atomic E-state index is 12.8. The van der Waals surface area contributed by atoms with E-state index in [-0.39, 0.29) is 11.8 Å². The van der Waals surface area contributed by atoms with Crippen LogP contribution in [0.25, 0.3) is 11.4 Å². The van der Waals surface area contributed by atoms with Crippen molar-refractivity contribution < 1.29 is 9.53 Å². The topological polar surface area (TPSA) is 58.6 Å². The van der Waals surface area contributed by atoms with Crippen LogP contribution in [0, 0.1) is 5.92 Å². The van der Waals surface area contributed by atoms with Crippen LogP contribution in [-0.4, -0.2) is 54.6 Å². The van der Waals surface area contributed by atoms with Gasteiger partial charge < -0.3 is 14.5 Å². The Labute approximate surface area is 153 Å². The Hall–Kier alpha value is -2.47. The van der Waals surface area contributed by atoms with E-state index in [1.54, 1.807) is 0 Å². The fraction of sp³-hybridized carbons (Fsp3) is 0.450. The second-order valence-electron chi connectivity index (χ2n) is 7.13. The molecule has 0 radical (unpaired) electrons. The summed E-state index contributed by atoms with van der Waals surface area (Å²) in [5.41, 5.74) is 3.11. The van der Waals surface area contributed by atoms with Gasteiger partial charge in [0.15, 0.2) is 5.82 Å². The van der Waals surface area contributed by atoms with Crippen molar-refractivity contribution in [3.8, 4) is 11.4 Å². The fourth-order valence-electron chi connectivity index (χ4n) is 3.67. The maximum absolute atomic E-state index is 12.8. The lowest BCUT2D eigenvalue weighted by Gasteiger charge is -2.32. The van der Waals surface area contributed by atoms with Crippen LogP contribution in [0.4, 0.5) is 5.82 Å². The molecule has 3 heterocycles. The van der Waals surface area contributed by atoms with Gasteiger partial charge in [0, 0.05) is 38.4 Å². The van der Waals surface area contributed by atoms with E-state index in [0.717, 1.165) is 42.0 Å². The van der Waals surface area contributed by atoms with Crippen molar-refractivity contribution in [1.29, 1.82) is 0 Å². The van der Waals surface area contributed by atoms with Gasteiger partial charge in [0.05, 0.1) is 24.8 Å². The Morgan fingerprint density at radius 1 is 1.23 bits per heavy atom. The number of aromatic nitrogens is 2. The third-order valence-electron chi connectivity index (χ3n) is 5.09. The van der Waals surface area contributed by atoms with Crippen molar-refractivity contribution >= 4 is 11.7 Å². The molecule has 1 aromatic heterocycles. The molecule has 6 nitrogen and oxygen atoms in total. The molecule has 1 amide bonds. The van der Waals surface area contributed by atoms with Gasteiger partial charge in [-0.25, -0.2) is 9.97 Å². The monoisotopic (exact) mass is 352 g/mol. The molecule has 0 bridgehead atoms. The van der Waals surface area contributed by atoms with Gasteiger partial charge in [-0.1, -0.05) is 30.3 Å². The molecular weight excluding hydrogens is 328 g/mol. The number of carbonyl (C=O) groups is 1. The number of nitrogens with zero attached hydrogens (tertiary/aromatic N) is 4. The third-order valence-corrected chi connectivity index (χ3v) is 5.09. The van der Waals surface area contributed by atoms with Crippen LogP contribution in [0.3, 0.4) is 0 Å². The normalized spacial score (nSPS) is 19.3. The largest absolute Gasteiger partial charge is 0.381 e. The fourth-order valence-corrected chi connectivity index (χ4v) is 3.67. The Bertz CT molecular complexity index is 801. The van der Waals surface area contributed by atoms with Gasteiger partial charge in [0.1, 0.15) is 5.82 Å². The van der Waals surface area contributed by atoms with Gasteiger partial charge >= 0.3 is 0 Å². The van der Waals surface area contributed by atoms with Crippen molar-refractivity contribution in [1.82, 2.24) is 14.9 Å². The Kier molecular flexibility index (Phi) is 4.59. The Balaban J connectivity index is 1.68. The van der Waals surface area contributed by atoms with E-state index in [0.29, 0.717) is 25.6 Å². The van der Waals surface area contributed by atoms with Crippen molar-refractivity contribution in [2.75, 3.05) is 38.8 Å². The van der Waals surface area contributed by atoms with E-state index in [1.807, 2.05) is 54.2 Å². The number of carbonyl (C=O) groups excluding carboxylic acids is 1. The molecule has 1 fully saturated rings. The highest BCUT2D eigenvalue weighted by molar-refractivity contribution is 5.79. The van der Waals surface area contributed by atoms with E-state index in [1.165, 1.54) is 0 Å². The number of hydrogen-bond acceptors (Lipinski definition) is 5. The first-order chi connectivity index (χ1) is 12.6. The number of hydrogen-bond donors (Lipinski definition) is 0. The smallest absolute Gasteiger partial charge is 0.228 e. The number of ether oxygens (including phenoxy) is 1. The van der Waals surface area contributed by atoms with Crippen molar-refractivity contribution in [2.45, 2.75) is 19.4 Å². The second kappa shape index (κ2) is 7.03. The highest BCUT2D eigenvalue weighted by atomic mass is 16.5. The Morgan fingerprint density at radius 2 is 2.04 bits per heavy atom. The summed E-state index contributed by atoms with van der Waals surface area (Å²) < 4.78 is 5.39. The molecule has 1 atom stereocenters. The summed E-state index contributed by atoms with van der Waals surface area (Å²) in [7, 11) is 4.01. The number of fused-ring (bicyclic) bond motifs is 1. The van der Waals surface area contributed by atoms with Crippen molar-refractivity contribution in [2.24, 2.45) is 5.92 Å². The number of benzene rings is 1.